The molecule has 0 radical (unpaired) electrons. The third kappa shape index (κ3) is 3.42. The molecular weight excluding hydrogens is 244 g/mol. The standard InChI is InChI=1S/C13H20N4O2/c1-14-13(18)11-8-15-6-7-17(11)9-10-4-3-5-12(16-10)19-2/h3-5,11,15H,6-9H2,1-2H3,(H,14,18). The van der Waals surface area contributed by atoms with E-state index < -0.39 is 0 Å². The molecule has 2 rings (SSSR count). The van der Waals surface area contributed by atoms with E-state index in [4.69, 9.17) is 4.74 Å². The molecule has 1 unspecified atom stereocenters. The maximum absolute atomic E-state index is 11.9. The molecule has 2 N–H and O–H groups in total. The van der Waals surface area contributed by atoms with Gasteiger partial charge in [0.05, 0.1) is 12.8 Å². The highest BCUT2D eigenvalue weighted by atomic mass is 16.5. The first-order valence-electron chi connectivity index (χ1n) is 6.41. The predicted molar refractivity (Wildman–Crippen MR) is 71.9 cm³/mol. The van der Waals surface area contributed by atoms with E-state index in [1.54, 1.807) is 14.2 Å². The van der Waals surface area contributed by atoms with Crippen LogP contribution < -0.4 is 15.4 Å². The summed E-state index contributed by atoms with van der Waals surface area (Å²) in [5.74, 6) is 0.638. The zero-order chi connectivity index (χ0) is 13.7. The lowest BCUT2D eigenvalue weighted by Crippen LogP contribution is -2.56. The second-order valence-electron chi connectivity index (χ2n) is 4.48. The number of ether oxygens (including phenoxy) is 1. The molecule has 104 valence electrons. The van der Waals surface area contributed by atoms with Crippen molar-refractivity contribution in [1.82, 2.24) is 20.5 Å². The van der Waals surface area contributed by atoms with Crippen LogP contribution in [0.25, 0.3) is 0 Å². The maximum atomic E-state index is 11.9. The van der Waals surface area contributed by atoms with E-state index in [1.807, 2.05) is 18.2 Å². The monoisotopic (exact) mass is 264 g/mol. The van der Waals surface area contributed by atoms with Crippen LogP contribution in [-0.2, 0) is 11.3 Å². The molecule has 6 nitrogen and oxygen atoms in total. The SMILES string of the molecule is CNC(=O)C1CNCCN1Cc1cccc(OC)n1. The molecule has 0 saturated carbocycles. The van der Waals surface area contributed by atoms with E-state index >= 15 is 0 Å². The van der Waals surface area contributed by atoms with E-state index in [1.165, 1.54) is 0 Å². The largest absolute Gasteiger partial charge is 0.481 e. The van der Waals surface area contributed by atoms with Gasteiger partial charge in [-0.25, -0.2) is 4.98 Å². The minimum absolute atomic E-state index is 0.0371. The number of carbonyl (C=O) groups excluding carboxylic acids is 1. The Morgan fingerprint density at radius 1 is 1.63 bits per heavy atom. The van der Waals surface area contributed by atoms with Crippen LogP contribution >= 0.6 is 0 Å². The molecule has 1 fully saturated rings. The lowest BCUT2D eigenvalue weighted by atomic mass is 10.1. The normalized spacial score (nSPS) is 20.0. The Morgan fingerprint density at radius 2 is 2.47 bits per heavy atom. The van der Waals surface area contributed by atoms with E-state index in [2.05, 4.69) is 20.5 Å². The number of nitrogens with one attached hydrogen (secondary N) is 2. The van der Waals surface area contributed by atoms with Crippen molar-refractivity contribution < 1.29 is 9.53 Å². The second-order valence-corrected chi connectivity index (χ2v) is 4.48. The summed E-state index contributed by atoms with van der Waals surface area (Å²) in [7, 11) is 3.27. The van der Waals surface area contributed by atoms with E-state index in [9.17, 15) is 4.79 Å². The van der Waals surface area contributed by atoms with Gasteiger partial charge in [-0.05, 0) is 6.07 Å². The van der Waals surface area contributed by atoms with Crippen molar-refractivity contribution >= 4 is 5.91 Å². The number of aromatic nitrogens is 1. The summed E-state index contributed by atoms with van der Waals surface area (Å²) in [6.45, 7) is 3.04. The Kier molecular flexibility index (Phi) is 4.70. The minimum atomic E-state index is -0.147. The highest BCUT2D eigenvalue weighted by Gasteiger charge is 2.27. The molecule has 6 heteroatoms. The minimum Gasteiger partial charge on any atom is -0.481 e. The topological polar surface area (TPSA) is 66.5 Å². The molecule has 19 heavy (non-hydrogen) atoms. The number of amides is 1. The average Bonchev–Trinajstić information content (AvgIpc) is 2.47. The van der Waals surface area contributed by atoms with Crippen molar-refractivity contribution in [1.29, 1.82) is 0 Å². The van der Waals surface area contributed by atoms with Gasteiger partial charge >= 0.3 is 0 Å². The molecule has 1 aromatic heterocycles. The van der Waals surface area contributed by atoms with Crippen molar-refractivity contribution in [2.75, 3.05) is 33.8 Å². The fraction of sp³-hybridized carbons (Fsp3) is 0.538. The molecule has 1 aromatic rings. The zero-order valence-corrected chi connectivity index (χ0v) is 11.3. The number of hydrogen-bond donors (Lipinski definition) is 2. The average molecular weight is 264 g/mol. The van der Waals surface area contributed by atoms with Crippen molar-refractivity contribution in [3.05, 3.63) is 23.9 Å². The molecule has 0 bridgehead atoms. The van der Waals surface area contributed by atoms with Crippen LogP contribution in [0.3, 0.4) is 0 Å². The molecule has 1 saturated heterocycles. The van der Waals surface area contributed by atoms with Crippen LogP contribution in [0, 0.1) is 0 Å². The summed E-state index contributed by atoms with van der Waals surface area (Å²) >= 11 is 0. The highest BCUT2D eigenvalue weighted by Crippen LogP contribution is 2.12. The molecule has 0 spiro atoms. The van der Waals surface area contributed by atoms with Crippen LogP contribution in [0.15, 0.2) is 18.2 Å². The molecule has 1 atom stereocenters. The van der Waals surface area contributed by atoms with Crippen LogP contribution in [0.2, 0.25) is 0 Å². The van der Waals surface area contributed by atoms with Crippen LogP contribution in [-0.4, -0.2) is 55.6 Å². The molecule has 1 aliphatic rings. The number of carbonyl (C=O) groups is 1. The quantitative estimate of drug-likeness (QED) is 0.775. The third-order valence-corrected chi connectivity index (χ3v) is 3.26. The Hall–Kier alpha value is -1.66. The Bertz CT molecular complexity index is 438. The first-order valence-corrected chi connectivity index (χ1v) is 6.41. The summed E-state index contributed by atoms with van der Waals surface area (Å²) in [4.78, 5) is 18.4. The number of rotatable bonds is 4. The summed E-state index contributed by atoms with van der Waals surface area (Å²) in [6, 6.07) is 5.54. The fourth-order valence-electron chi connectivity index (χ4n) is 2.23. The van der Waals surface area contributed by atoms with Gasteiger partial charge in [0.1, 0.15) is 6.04 Å². The molecule has 0 aliphatic carbocycles. The zero-order valence-electron chi connectivity index (χ0n) is 11.3. The number of pyridine rings is 1. The lowest BCUT2D eigenvalue weighted by Gasteiger charge is -2.34. The maximum Gasteiger partial charge on any atom is 0.238 e. The lowest BCUT2D eigenvalue weighted by molar-refractivity contribution is -0.126. The van der Waals surface area contributed by atoms with Crippen molar-refractivity contribution in [2.24, 2.45) is 0 Å². The van der Waals surface area contributed by atoms with Crippen LogP contribution in [0.4, 0.5) is 0 Å². The Morgan fingerprint density at radius 3 is 3.21 bits per heavy atom. The summed E-state index contributed by atoms with van der Waals surface area (Å²) in [6.07, 6.45) is 0. The van der Waals surface area contributed by atoms with Crippen molar-refractivity contribution in [3.8, 4) is 5.88 Å². The summed E-state index contributed by atoms with van der Waals surface area (Å²) < 4.78 is 5.12. The van der Waals surface area contributed by atoms with Crippen molar-refractivity contribution in [3.63, 3.8) is 0 Å². The van der Waals surface area contributed by atoms with Gasteiger partial charge in [0.15, 0.2) is 0 Å². The summed E-state index contributed by atoms with van der Waals surface area (Å²) in [5, 5.41) is 5.95. The number of hydrogen-bond acceptors (Lipinski definition) is 5. The second kappa shape index (κ2) is 6.49. The first kappa shape index (κ1) is 13.8. The molecular formula is C13H20N4O2. The molecule has 0 aromatic carbocycles. The number of likely N-dealkylation sites (N-methyl/N-ethyl adjacent to an activating group) is 1. The summed E-state index contributed by atoms with van der Waals surface area (Å²) in [5.41, 5.74) is 0.912. The van der Waals surface area contributed by atoms with E-state index in [0.717, 1.165) is 18.8 Å². The van der Waals surface area contributed by atoms with Crippen LogP contribution in [0.5, 0.6) is 5.88 Å². The van der Waals surface area contributed by atoms with Gasteiger partial charge in [0.25, 0.3) is 0 Å². The number of nitrogens with zero attached hydrogens (tertiary/aromatic N) is 2. The van der Waals surface area contributed by atoms with Gasteiger partial charge in [-0.1, -0.05) is 6.07 Å². The van der Waals surface area contributed by atoms with Gasteiger partial charge in [0.2, 0.25) is 11.8 Å². The fourth-order valence-corrected chi connectivity index (χ4v) is 2.23. The molecule has 2 heterocycles. The van der Waals surface area contributed by atoms with Gasteiger partial charge in [-0.3, -0.25) is 9.69 Å². The first-order chi connectivity index (χ1) is 9.24. The van der Waals surface area contributed by atoms with E-state index in [-0.39, 0.29) is 11.9 Å². The van der Waals surface area contributed by atoms with Gasteiger partial charge in [0, 0.05) is 39.3 Å². The van der Waals surface area contributed by atoms with Crippen molar-refractivity contribution in [2.45, 2.75) is 12.6 Å². The smallest absolute Gasteiger partial charge is 0.238 e. The third-order valence-electron chi connectivity index (χ3n) is 3.26. The molecule has 1 amide bonds. The number of piperazine rings is 1. The number of methoxy groups -OCH3 is 1. The Balaban J connectivity index is 2.08. The van der Waals surface area contributed by atoms with E-state index in [0.29, 0.717) is 19.0 Å². The highest BCUT2D eigenvalue weighted by molar-refractivity contribution is 5.81. The predicted octanol–water partition coefficient (Wildman–Crippen LogP) is -0.390. The van der Waals surface area contributed by atoms with Gasteiger partial charge in [-0.15, -0.1) is 0 Å². The van der Waals surface area contributed by atoms with Gasteiger partial charge in [-0.2, -0.15) is 0 Å². The Labute approximate surface area is 113 Å². The van der Waals surface area contributed by atoms with Crippen LogP contribution in [0.1, 0.15) is 5.69 Å². The van der Waals surface area contributed by atoms with Gasteiger partial charge < -0.3 is 15.4 Å². The molecule has 1 aliphatic heterocycles.